The number of unbranched alkanes of at least 4 members (excludes halogenated alkanes) is 16. The standard InChI is InChI=1S/C60H86O13/c1-5-7-9-11-13-15-17-19-21-23-25-27-29-31-33-43-55(61)69-46-49(45-67-3)72-60(66)54-42-38-36-40-52(54)58(64)71-48-50(73-59(65)53-41-37-35-39-51(53)57(63)68-4)47-70-56(62)44-34-32-30-28-26-24-22-20-18-16-14-12-10-8-6-2/h13-16,19-22,35-42,49-50H,5-12,17-18,23-34,43-48H2,1-4H3/b15-13-,16-14-,21-19-,22-20-. The molecule has 0 heterocycles. The van der Waals surface area contributed by atoms with Crippen molar-refractivity contribution in [2.45, 2.75) is 180 Å². The van der Waals surface area contributed by atoms with Gasteiger partial charge in [-0.2, -0.15) is 0 Å². The quantitative estimate of drug-likeness (QED) is 0.0267. The fourth-order valence-corrected chi connectivity index (χ4v) is 7.56. The predicted molar refractivity (Wildman–Crippen MR) is 285 cm³/mol. The van der Waals surface area contributed by atoms with Gasteiger partial charge in [-0.05, 0) is 101 Å². The van der Waals surface area contributed by atoms with E-state index in [-0.39, 0.29) is 48.3 Å². The highest BCUT2D eigenvalue weighted by molar-refractivity contribution is 6.04. The highest BCUT2D eigenvalue weighted by atomic mass is 16.6. The molecule has 0 aromatic heterocycles. The summed E-state index contributed by atoms with van der Waals surface area (Å²) < 4.78 is 37.9. The average molecular weight is 1020 g/mol. The van der Waals surface area contributed by atoms with E-state index in [4.69, 9.17) is 33.2 Å². The molecule has 0 N–H and O–H groups in total. The number of esters is 6. The van der Waals surface area contributed by atoms with Crippen molar-refractivity contribution in [3.05, 3.63) is 119 Å². The summed E-state index contributed by atoms with van der Waals surface area (Å²) in [5.41, 5.74) is -0.431. The Kier molecular flexibility index (Phi) is 37.0. The highest BCUT2D eigenvalue weighted by Gasteiger charge is 2.27. The van der Waals surface area contributed by atoms with E-state index in [1.807, 2.05) is 0 Å². The maximum absolute atomic E-state index is 13.6. The molecule has 0 radical (unpaired) electrons. The molecule has 0 spiro atoms. The molecule has 2 rings (SSSR count). The number of methoxy groups -OCH3 is 2. The molecule has 0 fully saturated rings. The van der Waals surface area contributed by atoms with E-state index in [2.05, 4.69) is 62.5 Å². The van der Waals surface area contributed by atoms with E-state index in [9.17, 15) is 28.8 Å². The van der Waals surface area contributed by atoms with Gasteiger partial charge in [0.2, 0.25) is 0 Å². The summed E-state index contributed by atoms with van der Waals surface area (Å²) in [6, 6.07) is 11.7. The molecule has 2 aromatic carbocycles. The molecule has 0 aliphatic carbocycles. The van der Waals surface area contributed by atoms with Crippen LogP contribution in [0, 0.1) is 0 Å². The zero-order valence-corrected chi connectivity index (χ0v) is 44.5. The number of carbonyl (C=O) groups excluding carboxylic acids is 6. The van der Waals surface area contributed by atoms with Crippen molar-refractivity contribution in [2.24, 2.45) is 0 Å². The Balaban J connectivity index is 1.90. The Morgan fingerprint density at radius 1 is 0.397 bits per heavy atom. The zero-order valence-electron chi connectivity index (χ0n) is 44.5. The maximum Gasteiger partial charge on any atom is 0.339 e. The fourth-order valence-electron chi connectivity index (χ4n) is 7.56. The van der Waals surface area contributed by atoms with Crippen LogP contribution < -0.4 is 0 Å². The van der Waals surface area contributed by atoms with Crippen molar-refractivity contribution >= 4 is 35.8 Å². The van der Waals surface area contributed by atoms with Crippen molar-refractivity contribution < 1.29 is 61.9 Å². The van der Waals surface area contributed by atoms with Crippen LogP contribution in [-0.4, -0.2) is 88.7 Å². The minimum Gasteiger partial charge on any atom is -0.465 e. The summed E-state index contributed by atoms with van der Waals surface area (Å²) in [7, 11) is 2.60. The predicted octanol–water partition coefficient (Wildman–Crippen LogP) is 13.7. The van der Waals surface area contributed by atoms with Crippen LogP contribution in [0.3, 0.4) is 0 Å². The Morgan fingerprint density at radius 2 is 0.740 bits per heavy atom. The lowest BCUT2D eigenvalue weighted by atomic mass is 10.1. The summed E-state index contributed by atoms with van der Waals surface area (Å²) in [6.45, 7) is 3.09. The number of hydrogen-bond acceptors (Lipinski definition) is 13. The molecule has 2 aromatic rings. The summed E-state index contributed by atoms with van der Waals surface area (Å²) >= 11 is 0. The van der Waals surface area contributed by atoms with Crippen LogP contribution in [-0.2, 0) is 42.7 Å². The molecule has 13 heteroatoms. The molecule has 0 bridgehead atoms. The van der Waals surface area contributed by atoms with E-state index in [0.29, 0.717) is 12.8 Å². The third kappa shape index (κ3) is 30.7. The number of rotatable bonds is 42. The first-order valence-electron chi connectivity index (χ1n) is 26.9. The first-order valence-corrected chi connectivity index (χ1v) is 26.9. The van der Waals surface area contributed by atoms with Gasteiger partial charge in [-0.15, -0.1) is 0 Å². The molecule has 13 nitrogen and oxygen atoms in total. The Hall–Kier alpha value is -5.82. The van der Waals surface area contributed by atoms with Crippen molar-refractivity contribution in [3.8, 4) is 0 Å². The fraction of sp³-hybridized carbons (Fsp3) is 0.567. The molecule has 0 saturated heterocycles. The van der Waals surface area contributed by atoms with Crippen molar-refractivity contribution in [1.82, 2.24) is 0 Å². The van der Waals surface area contributed by atoms with Crippen LogP contribution in [0.2, 0.25) is 0 Å². The smallest absolute Gasteiger partial charge is 0.339 e. The third-order valence-electron chi connectivity index (χ3n) is 11.7. The van der Waals surface area contributed by atoms with E-state index in [1.54, 1.807) is 18.2 Å². The van der Waals surface area contributed by atoms with Gasteiger partial charge in [0.05, 0.1) is 36.0 Å². The van der Waals surface area contributed by atoms with Gasteiger partial charge in [0.1, 0.15) is 19.8 Å². The number of hydrogen-bond donors (Lipinski definition) is 0. The van der Waals surface area contributed by atoms with Gasteiger partial charge in [-0.25, -0.2) is 19.2 Å². The molecule has 2 unspecified atom stereocenters. The van der Waals surface area contributed by atoms with E-state index in [0.717, 1.165) is 89.9 Å². The molecular formula is C60H86O13. The van der Waals surface area contributed by atoms with Crippen molar-refractivity contribution in [1.29, 1.82) is 0 Å². The first-order chi connectivity index (χ1) is 35.6. The molecule has 2 atom stereocenters. The topological polar surface area (TPSA) is 167 Å². The van der Waals surface area contributed by atoms with Crippen LogP contribution in [0.4, 0.5) is 0 Å². The van der Waals surface area contributed by atoms with E-state index < -0.39 is 61.2 Å². The first kappa shape index (κ1) is 63.3. The molecule has 0 aliphatic heterocycles. The van der Waals surface area contributed by atoms with Gasteiger partial charge in [-0.1, -0.05) is 151 Å². The molecule has 0 amide bonds. The van der Waals surface area contributed by atoms with Gasteiger partial charge in [-0.3, -0.25) is 9.59 Å². The molecular weight excluding hydrogens is 929 g/mol. The van der Waals surface area contributed by atoms with E-state index in [1.165, 1.54) is 83.1 Å². The molecule has 0 saturated carbocycles. The number of benzene rings is 2. The molecule has 0 aliphatic rings. The summed E-state index contributed by atoms with van der Waals surface area (Å²) in [5, 5.41) is 0. The van der Waals surface area contributed by atoms with Gasteiger partial charge in [0.25, 0.3) is 0 Å². The van der Waals surface area contributed by atoms with Crippen LogP contribution in [0.25, 0.3) is 0 Å². The third-order valence-corrected chi connectivity index (χ3v) is 11.7. The van der Waals surface area contributed by atoms with E-state index >= 15 is 0 Å². The lowest BCUT2D eigenvalue weighted by Crippen LogP contribution is -2.32. The minimum absolute atomic E-state index is 0.0462. The maximum atomic E-state index is 13.6. The SMILES string of the molecule is CCCCC/C=C\C/C=C\CCCCCCCC(=O)OCC(COC(=O)c1ccccc1C(=O)OC(COC)COC(=O)CCCCCCC/C=C\C/C=C\CCCCC)OC(=O)c1ccccc1C(=O)OC. The van der Waals surface area contributed by atoms with Gasteiger partial charge < -0.3 is 33.2 Å². The van der Waals surface area contributed by atoms with Crippen LogP contribution in [0.1, 0.15) is 209 Å². The summed E-state index contributed by atoms with van der Waals surface area (Å²) in [4.78, 5) is 78.4. The molecule has 404 valence electrons. The number of allylic oxidation sites excluding steroid dienone is 8. The second kappa shape index (κ2) is 42.7. The van der Waals surface area contributed by atoms with Gasteiger partial charge >= 0.3 is 35.8 Å². The second-order valence-corrected chi connectivity index (χ2v) is 18.0. The number of ether oxygens (including phenoxy) is 7. The van der Waals surface area contributed by atoms with Crippen LogP contribution in [0.5, 0.6) is 0 Å². The lowest BCUT2D eigenvalue weighted by Gasteiger charge is -2.20. The lowest BCUT2D eigenvalue weighted by molar-refractivity contribution is -0.148. The van der Waals surface area contributed by atoms with Crippen LogP contribution >= 0.6 is 0 Å². The normalized spacial score (nSPS) is 12.3. The summed E-state index contributed by atoms with van der Waals surface area (Å²) in [5.74, 6) is -4.47. The Bertz CT molecular complexity index is 1980. The van der Waals surface area contributed by atoms with Crippen LogP contribution in [0.15, 0.2) is 97.1 Å². The van der Waals surface area contributed by atoms with Gasteiger partial charge in [0, 0.05) is 20.0 Å². The molecule has 73 heavy (non-hydrogen) atoms. The van der Waals surface area contributed by atoms with Crippen molar-refractivity contribution in [2.75, 3.05) is 40.6 Å². The monoisotopic (exact) mass is 1010 g/mol. The number of carbonyl (C=O) groups is 6. The van der Waals surface area contributed by atoms with Gasteiger partial charge in [0.15, 0.2) is 12.2 Å². The average Bonchev–Trinajstić information content (AvgIpc) is 3.40. The Labute approximate surface area is 436 Å². The summed E-state index contributed by atoms with van der Waals surface area (Å²) in [6.07, 6.45) is 39.1. The minimum atomic E-state index is -1.29. The Morgan fingerprint density at radius 3 is 1.14 bits per heavy atom. The highest BCUT2D eigenvalue weighted by Crippen LogP contribution is 2.18. The van der Waals surface area contributed by atoms with Crippen molar-refractivity contribution in [3.63, 3.8) is 0 Å². The largest absolute Gasteiger partial charge is 0.465 e. The zero-order chi connectivity index (χ0) is 53.0. The second-order valence-electron chi connectivity index (χ2n) is 18.0.